The first-order valence-corrected chi connectivity index (χ1v) is 8.98. The maximum absolute atomic E-state index is 13.1. The number of likely N-dealkylation sites (tertiary alicyclic amines) is 1. The molecule has 0 aliphatic carbocycles. The van der Waals surface area contributed by atoms with Crippen molar-refractivity contribution in [2.75, 3.05) is 18.4 Å². The topological polar surface area (TPSA) is 62.6 Å². The third kappa shape index (κ3) is 4.64. The number of amides is 2. The Morgan fingerprint density at radius 3 is 2.69 bits per heavy atom. The van der Waals surface area contributed by atoms with E-state index in [1.165, 1.54) is 24.5 Å². The van der Waals surface area contributed by atoms with Crippen LogP contribution in [0.3, 0.4) is 0 Å². The molecular weight excluding hydrogens is 359 g/mol. The molecule has 2 aromatic rings. The van der Waals surface area contributed by atoms with Crippen LogP contribution in [0.1, 0.15) is 36.2 Å². The lowest BCUT2D eigenvalue weighted by Crippen LogP contribution is -2.38. The lowest BCUT2D eigenvalue weighted by molar-refractivity contribution is -0.116. The van der Waals surface area contributed by atoms with Gasteiger partial charge >= 0.3 is 0 Å². The molecule has 7 heteroatoms. The summed E-state index contributed by atoms with van der Waals surface area (Å²) in [6.45, 7) is 1.33. The molecule has 1 aliphatic heterocycles. The first-order valence-electron chi connectivity index (χ1n) is 8.60. The second kappa shape index (κ2) is 8.36. The Labute approximate surface area is 156 Å². The minimum absolute atomic E-state index is 0.0172. The molecule has 1 N–H and O–H groups in total. The summed E-state index contributed by atoms with van der Waals surface area (Å²) in [7, 11) is 0. The van der Waals surface area contributed by atoms with Crippen molar-refractivity contribution in [2.24, 2.45) is 5.92 Å². The van der Waals surface area contributed by atoms with Crippen LogP contribution in [0, 0.1) is 11.7 Å². The van der Waals surface area contributed by atoms with Gasteiger partial charge < -0.3 is 14.6 Å². The van der Waals surface area contributed by atoms with Crippen LogP contribution in [-0.2, 0) is 4.79 Å². The summed E-state index contributed by atoms with van der Waals surface area (Å²) in [5.74, 6) is 0.0423. The predicted molar refractivity (Wildman–Crippen MR) is 96.6 cm³/mol. The molecular formula is C19H20ClFN2O3. The molecule has 26 heavy (non-hydrogen) atoms. The molecule has 0 saturated carbocycles. The predicted octanol–water partition coefficient (Wildman–Crippen LogP) is 4.34. The molecule has 1 saturated heterocycles. The summed E-state index contributed by atoms with van der Waals surface area (Å²) in [4.78, 5) is 26.1. The number of furan rings is 1. The van der Waals surface area contributed by atoms with E-state index in [9.17, 15) is 14.0 Å². The molecule has 2 heterocycles. The highest BCUT2D eigenvalue weighted by atomic mass is 35.5. The summed E-state index contributed by atoms with van der Waals surface area (Å²) in [6.07, 6.45) is 4.35. The Balaban J connectivity index is 1.41. The van der Waals surface area contributed by atoms with Gasteiger partial charge in [-0.3, -0.25) is 9.59 Å². The molecule has 0 spiro atoms. The molecule has 5 nitrogen and oxygen atoms in total. The first kappa shape index (κ1) is 18.5. The number of nitrogens with one attached hydrogen (secondary N) is 1. The average Bonchev–Trinajstić information content (AvgIpc) is 3.18. The van der Waals surface area contributed by atoms with Crippen LogP contribution in [-0.4, -0.2) is 29.8 Å². The van der Waals surface area contributed by atoms with Gasteiger partial charge in [0, 0.05) is 25.2 Å². The van der Waals surface area contributed by atoms with Crippen LogP contribution in [0.25, 0.3) is 0 Å². The number of piperidine rings is 1. The molecule has 1 aromatic heterocycles. The highest BCUT2D eigenvalue weighted by Gasteiger charge is 2.25. The maximum Gasteiger partial charge on any atom is 0.289 e. The van der Waals surface area contributed by atoms with Gasteiger partial charge in [0.2, 0.25) is 5.91 Å². The van der Waals surface area contributed by atoms with Gasteiger partial charge in [-0.05, 0) is 55.5 Å². The van der Waals surface area contributed by atoms with Crippen molar-refractivity contribution in [2.45, 2.75) is 25.7 Å². The molecule has 138 valence electrons. The quantitative estimate of drug-likeness (QED) is 0.841. The van der Waals surface area contributed by atoms with Crippen molar-refractivity contribution in [1.29, 1.82) is 0 Å². The molecule has 0 bridgehead atoms. The van der Waals surface area contributed by atoms with Gasteiger partial charge in [0.25, 0.3) is 5.91 Å². The van der Waals surface area contributed by atoms with Crippen molar-refractivity contribution in [1.82, 2.24) is 4.90 Å². The Morgan fingerprint density at radius 2 is 2.04 bits per heavy atom. The summed E-state index contributed by atoms with van der Waals surface area (Å²) in [5.41, 5.74) is 0.486. The van der Waals surface area contributed by atoms with E-state index >= 15 is 0 Å². The van der Waals surface area contributed by atoms with Crippen molar-refractivity contribution in [3.63, 3.8) is 0 Å². The molecule has 1 aliphatic rings. The lowest BCUT2D eigenvalue weighted by atomic mass is 9.92. The van der Waals surface area contributed by atoms with Crippen LogP contribution in [0.5, 0.6) is 0 Å². The van der Waals surface area contributed by atoms with Crippen molar-refractivity contribution >= 4 is 29.1 Å². The molecule has 0 radical (unpaired) electrons. The Hall–Kier alpha value is -2.34. The Kier molecular flexibility index (Phi) is 5.93. The van der Waals surface area contributed by atoms with Gasteiger partial charge in [0.1, 0.15) is 5.82 Å². The van der Waals surface area contributed by atoms with Crippen LogP contribution in [0.4, 0.5) is 10.1 Å². The number of rotatable bonds is 5. The summed E-state index contributed by atoms with van der Waals surface area (Å²) in [5, 5.41) is 2.71. The highest BCUT2D eigenvalue weighted by Crippen LogP contribution is 2.24. The Bertz CT molecular complexity index is 771. The smallest absolute Gasteiger partial charge is 0.289 e. The zero-order chi connectivity index (χ0) is 18.5. The number of hydrogen-bond acceptors (Lipinski definition) is 3. The molecule has 0 unspecified atom stereocenters. The van der Waals surface area contributed by atoms with Gasteiger partial charge in [-0.1, -0.05) is 11.6 Å². The first-order chi connectivity index (χ1) is 12.5. The standard InChI is InChI=1S/C19H20ClFN2O3/c20-15-12-14(4-5-16(15)21)22-18(24)6-3-13-7-9-23(10-8-13)19(25)17-2-1-11-26-17/h1-2,4-5,11-13H,3,6-10H2,(H,22,24). The average molecular weight is 379 g/mol. The number of carbonyl (C=O) groups excluding carboxylic acids is 2. The van der Waals surface area contributed by atoms with Crippen LogP contribution in [0.2, 0.25) is 5.02 Å². The molecule has 1 fully saturated rings. The van der Waals surface area contributed by atoms with E-state index in [4.69, 9.17) is 16.0 Å². The fourth-order valence-electron chi connectivity index (χ4n) is 3.11. The SMILES string of the molecule is O=C(CCC1CCN(C(=O)c2ccco2)CC1)Nc1ccc(F)c(Cl)c1. The minimum atomic E-state index is -0.513. The number of halogens is 2. The number of anilines is 1. The fourth-order valence-corrected chi connectivity index (χ4v) is 3.29. The second-order valence-electron chi connectivity index (χ2n) is 6.43. The number of carbonyl (C=O) groups is 2. The molecule has 0 atom stereocenters. The van der Waals surface area contributed by atoms with Crippen LogP contribution >= 0.6 is 11.6 Å². The molecule has 2 amide bonds. The van der Waals surface area contributed by atoms with E-state index in [-0.39, 0.29) is 16.8 Å². The van der Waals surface area contributed by atoms with E-state index in [2.05, 4.69) is 5.32 Å². The minimum Gasteiger partial charge on any atom is -0.459 e. The van der Waals surface area contributed by atoms with Crippen LogP contribution < -0.4 is 5.32 Å². The highest BCUT2D eigenvalue weighted by molar-refractivity contribution is 6.31. The number of nitrogens with zero attached hydrogens (tertiary/aromatic N) is 1. The van der Waals surface area contributed by atoms with E-state index in [0.717, 1.165) is 19.3 Å². The van der Waals surface area contributed by atoms with Crippen molar-refractivity contribution < 1.29 is 18.4 Å². The van der Waals surface area contributed by atoms with E-state index in [1.807, 2.05) is 0 Å². The van der Waals surface area contributed by atoms with Crippen molar-refractivity contribution in [3.05, 3.63) is 53.2 Å². The van der Waals surface area contributed by atoms with E-state index < -0.39 is 5.82 Å². The number of benzene rings is 1. The van der Waals surface area contributed by atoms with Crippen LogP contribution in [0.15, 0.2) is 41.0 Å². The summed E-state index contributed by atoms with van der Waals surface area (Å²) < 4.78 is 18.3. The normalized spacial score (nSPS) is 15.1. The summed E-state index contributed by atoms with van der Waals surface area (Å²) >= 11 is 5.71. The van der Waals surface area contributed by atoms with Gasteiger partial charge in [-0.25, -0.2) is 4.39 Å². The second-order valence-corrected chi connectivity index (χ2v) is 6.84. The molecule has 3 rings (SSSR count). The third-order valence-corrected chi connectivity index (χ3v) is 4.91. The zero-order valence-corrected chi connectivity index (χ0v) is 15.0. The van der Waals surface area contributed by atoms with E-state index in [1.54, 1.807) is 17.0 Å². The Morgan fingerprint density at radius 1 is 1.27 bits per heavy atom. The fraction of sp³-hybridized carbons (Fsp3) is 0.368. The van der Waals surface area contributed by atoms with Gasteiger partial charge in [0.15, 0.2) is 5.76 Å². The largest absolute Gasteiger partial charge is 0.459 e. The van der Waals surface area contributed by atoms with E-state index in [0.29, 0.717) is 36.9 Å². The monoisotopic (exact) mass is 378 g/mol. The van der Waals surface area contributed by atoms with Gasteiger partial charge in [0.05, 0.1) is 11.3 Å². The third-order valence-electron chi connectivity index (χ3n) is 4.62. The maximum atomic E-state index is 13.1. The van der Waals surface area contributed by atoms with Gasteiger partial charge in [-0.2, -0.15) is 0 Å². The summed E-state index contributed by atoms with van der Waals surface area (Å²) in [6, 6.07) is 7.47. The molecule has 1 aromatic carbocycles. The number of hydrogen-bond donors (Lipinski definition) is 1. The zero-order valence-electron chi connectivity index (χ0n) is 14.2. The van der Waals surface area contributed by atoms with Gasteiger partial charge in [-0.15, -0.1) is 0 Å². The van der Waals surface area contributed by atoms with Crippen molar-refractivity contribution in [3.8, 4) is 0 Å². The lowest BCUT2D eigenvalue weighted by Gasteiger charge is -2.31.